The predicted octanol–water partition coefficient (Wildman–Crippen LogP) is 3.56. The number of carbonyl (C=O) groups excluding carboxylic acids is 2. The highest BCUT2D eigenvalue weighted by Gasteiger charge is 2.43. The van der Waals surface area contributed by atoms with Gasteiger partial charge in [-0.15, -0.1) is 0 Å². The van der Waals surface area contributed by atoms with Crippen molar-refractivity contribution in [3.8, 4) is 0 Å². The van der Waals surface area contributed by atoms with Crippen LogP contribution in [-0.4, -0.2) is 29.9 Å². The summed E-state index contributed by atoms with van der Waals surface area (Å²) >= 11 is 0. The number of halogens is 1. The molecular weight excluding hydrogens is 271 g/mol. The van der Waals surface area contributed by atoms with Crippen LogP contribution >= 0.6 is 0 Å². The van der Waals surface area contributed by atoms with Crippen molar-refractivity contribution in [3.63, 3.8) is 0 Å². The number of carbonyl (C=O) groups is 2. The van der Waals surface area contributed by atoms with Crippen LogP contribution < -0.4 is 4.90 Å². The largest absolute Gasteiger partial charge is 0.331 e. The van der Waals surface area contributed by atoms with E-state index in [0.717, 1.165) is 30.6 Å². The number of hydrogen-bond donors (Lipinski definition) is 0. The van der Waals surface area contributed by atoms with Gasteiger partial charge in [0.1, 0.15) is 11.9 Å². The summed E-state index contributed by atoms with van der Waals surface area (Å²) in [6, 6.07) is 4.88. The third-order valence-corrected chi connectivity index (χ3v) is 3.86. The molecule has 114 valence electrons. The summed E-state index contributed by atoms with van der Waals surface area (Å²) in [5.41, 5.74) is 0.569. The molecule has 1 heterocycles. The first kappa shape index (κ1) is 15.5. The van der Waals surface area contributed by atoms with Crippen LogP contribution in [0.25, 0.3) is 0 Å². The van der Waals surface area contributed by atoms with Gasteiger partial charge in [-0.05, 0) is 30.7 Å². The first-order valence-corrected chi connectivity index (χ1v) is 7.42. The van der Waals surface area contributed by atoms with Crippen molar-refractivity contribution in [1.82, 2.24) is 4.90 Å². The number of amides is 3. The summed E-state index contributed by atoms with van der Waals surface area (Å²) in [6.07, 6.45) is 4.85. The van der Waals surface area contributed by atoms with Crippen LogP contribution in [0, 0.1) is 5.82 Å². The molecule has 1 atom stereocenters. The summed E-state index contributed by atoms with van der Waals surface area (Å²) in [6.45, 7) is 2.13. The van der Waals surface area contributed by atoms with Gasteiger partial charge in [0.15, 0.2) is 0 Å². The molecule has 0 spiro atoms. The minimum Gasteiger partial charge on any atom is -0.281 e. The maximum absolute atomic E-state index is 13.0. The molecule has 1 aliphatic rings. The Balaban J connectivity index is 2.16. The molecule has 0 aliphatic carbocycles. The van der Waals surface area contributed by atoms with E-state index >= 15 is 0 Å². The number of urea groups is 1. The van der Waals surface area contributed by atoms with E-state index < -0.39 is 6.04 Å². The average molecular weight is 292 g/mol. The monoisotopic (exact) mass is 292 g/mol. The van der Waals surface area contributed by atoms with Crippen LogP contribution in [0.2, 0.25) is 0 Å². The lowest BCUT2D eigenvalue weighted by molar-refractivity contribution is -0.126. The molecule has 0 bridgehead atoms. The maximum atomic E-state index is 13.0. The topological polar surface area (TPSA) is 40.6 Å². The van der Waals surface area contributed by atoms with Gasteiger partial charge in [-0.2, -0.15) is 0 Å². The zero-order valence-electron chi connectivity index (χ0n) is 12.5. The number of benzene rings is 1. The quantitative estimate of drug-likeness (QED) is 0.594. The second kappa shape index (κ2) is 6.70. The third kappa shape index (κ3) is 3.23. The Kier molecular flexibility index (Phi) is 4.94. The van der Waals surface area contributed by atoms with Crippen LogP contribution in [0.4, 0.5) is 14.9 Å². The van der Waals surface area contributed by atoms with Crippen molar-refractivity contribution in [1.29, 1.82) is 0 Å². The normalized spacial score (nSPS) is 18.7. The van der Waals surface area contributed by atoms with Crippen LogP contribution in [0.1, 0.15) is 39.0 Å². The smallest absolute Gasteiger partial charge is 0.281 e. The van der Waals surface area contributed by atoms with Gasteiger partial charge in [-0.25, -0.2) is 9.18 Å². The Morgan fingerprint density at radius 1 is 1.10 bits per heavy atom. The first-order chi connectivity index (χ1) is 10.1. The molecule has 1 fully saturated rings. The van der Waals surface area contributed by atoms with Crippen molar-refractivity contribution in [3.05, 3.63) is 30.1 Å². The number of nitrogens with zero attached hydrogens (tertiary/aromatic N) is 2. The lowest BCUT2D eigenvalue weighted by atomic mass is 10.1. The zero-order valence-corrected chi connectivity index (χ0v) is 12.5. The average Bonchev–Trinajstić information content (AvgIpc) is 2.69. The van der Waals surface area contributed by atoms with E-state index in [2.05, 4.69) is 6.92 Å². The first-order valence-electron chi connectivity index (χ1n) is 7.42. The Labute approximate surface area is 124 Å². The van der Waals surface area contributed by atoms with Crippen LogP contribution in [0.5, 0.6) is 0 Å². The molecule has 0 radical (unpaired) electrons. The number of likely N-dealkylation sites (N-methyl/N-ethyl adjacent to an activating group) is 1. The fraction of sp³-hybridized carbons (Fsp3) is 0.500. The van der Waals surface area contributed by atoms with Crippen molar-refractivity contribution in [2.24, 2.45) is 0 Å². The predicted molar refractivity (Wildman–Crippen MR) is 79.6 cm³/mol. The van der Waals surface area contributed by atoms with Crippen molar-refractivity contribution >= 4 is 17.6 Å². The van der Waals surface area contributed by atoms with E-state index in [1.807, 2.05) is 0 Å². The van der Waals surface area contributed by atoms with Crippen molar-refractivity contribution in [2.75, 3.05) is 11.9 Å². The summed E-state index contributed by atoms with van der Waals surface area (Å²) in [4.78, 5) is 27.1. The Morgan fingerprint density at radius 3 is 2.38 bits per heavy atom. The van der Waals surface area contributed by atoms with Gasteiger partial charge >= 0.3 is 6.03 Å². The fourth-order valence-corrected chi connectivity index (χ4v) is 2.63. The third-order valence-electron chi connectivity index (χ3n) is 3.86. The number of imide groups is 1. The maximum Gasteiger partial charge on any atom is 0.331 e. The van der Waals surface area contributed by atoms with Crippen LogP contribution in [-0.2, 0) is 4.79 Å². The lowest BCUT2D eigenvalue weighted by Gasteiger charge is -2.21. The summed E-state index contributed by atoms with van der Waals surface area (Å²) in [7, 11) is 1.49. The van der Waals surface area contributed by atoms with Gasteiger partial charge in [0.25, 0.3) is 5.91 Å². The van der Waals surface area contributed by atoms with Crippen LogP contribution in [0.15, 0.2) is 24.3 Å². The molecule has 1 aromatic rings. The Bertz CT molecular complexity index is 516. The van der Waals surface area contributed by atoms with Crippen LogP contribution in [0.3, 0.4) is 0 Å². The molecule has 1 aliphatic heterocycles. The van der Waals surface area contributed by atoms with E-state index in [4.69, 9.17) is 0 Å². The standard InChI is InChI=1S/C16H21FN2O2/c1-3-4-5-6-7-14-15(20)18(2)16(21)19(14)13-10-8-12(17)9-11-13/h8-11,14H,3-7H2,1-2H3. The van der Waals surface area contributed by atoms with Gasteiger partial charge in [-0.1, -0.05) is 32.6 Å². The van der Waals surface area contributed by atoms with Crippen molar-refractivity contribution in [2.45, 2.75) is 45.1 Å². The summed E-state index contributed by atoms with van der Waals surface area (Å²) < 4.78 is 13.0. The second-order valence-corrected chi connectivity index (χ2v) is 5.39. The zero-order chi connectivity index (χ0) is 15.4. The molecule has 1 aromatic carbocycles. The summed E-state index contributed by atoms with van der Waals surface area (Å²) in [5, 5.41) is 0. The highest BCUT2D eigenvalue weighted by Crippen LogP contribution is 2.28. The molecular formula is C16H21FN2O2. The van der Waals surface area contributed by atoms with E-state index in [9.17, 15) is 14.0 Å². The van der Waals surface area contributed by atoms with Gasteiger partial charge in [0, 0.05) is 12.7 Å². The highest BCUT2D eigenvalue weighted by atomic mass is 19.1. The number of anilines is 1. The molecule has 0 saturated carbocycles. The molecule has 3 amide bonds. The minimum absolute atomic E-state index is 0.180. The Morgan fingerprint density at radius 2 is 1.76 bits per heavy atom. The van der Waals surface area contributed by atoms with Gasteiger partial charge in [-0.3, -0.25) is 14.6 Å². The molecule has 21 heavy (non-hydrogen) atoms. The number of hydrogen-bond acceptors (Lipinski definition) is 2. The molecule has 2 rings (SSSR count). The van der Waals surface area contributed by atoms with Gasteiger partial charge < -0.3 is 0 Å². The SMILES string of the molecule is CCCCCCC1C(=O)N(C)C(=O)N1c1ccc(F)cc1. The number of unbranched alkanes of at least 4 members (excludes halogenated alkanes) is 3. The van der Waals surface area contributed by atoms with Gasteiger partial charge in [0.05, 0.1) is 0 Å². The molecule has 1 unspecified atom stereocenters. The number of rotatable bonds is 6. The fourth-order valence-electron chi connectivity index (χ4n) is 2.63. The van der Waals surface area contributed by atoms with E-state index in [0.29, 0.717) is 12.1 Å². The van der Waals surface area contributed by atoms with Gasteiger partial charge in [0.2, 0.25) is 0 Å². The molecule has 4 nitrogen and oxygen atoms in total. The highest BCUT2D eigenvalue weighted by molar-refractivity contribution is 6.13. The van der Waals surface area contributed by atoms with E-state index in [1.54, 1.807) is 12.1 Å². The lowest BCUT2D eigenvalue weighted by Crippen LogP contribution is -2.35. The van der Waals surface area contributed by atoms with E-state index in [1.165, 1.54) is 24.1 Å². The van der Waals surface area contributed by atoms with Crippen molar-refractivity contribution < 1.29 is 14.0 Å². The Hall–Kier alpha value is -1.91. The molecule has 0 aromatic heterocycles. The molecule has 5 heteroatoms. The molecule has 0 N–H and O–H groups in total. The molecule has 1 saturated heterocycles. The second-order valence-electron chi connectivity index (χ2n) is 5.39. The van der Waals surface area contributed by atoms with E-state index in [-0.39, 0.29) is 17.8 Å². The minimum atomic E-state index is -0.468. The summed E-state index contributed by atoms with van der Waals surface area (Å²) in [5.74, 6) is -0.537.